The third kappa shape index (κ3) is 2.12. The number of hydrogen-bond acceptors (Lipinski definition) is 2. The summed E-state index contributed by atoms with van der Waals surface area (Å²) in [5.74, 6) is 0.0925. The number of benzene rings is 1. The molecule has 3 heteroatoms. The Kier molecular flexibility index (Phi) is 4.12. The number of hydrogen-bond donors (Lipinski definition) is 1. The highest BCUT2D eigenvalue weighted by molar-refractivity contribution is 5.99. The zero-order chi connectivity index (χ0) is 8.27. The average molecular weight is 160 g/mol. The van der Waals surface area contributed by atoms with Crippen LogP contribution in [-0.4, -0.2) is 21.2 Å². The van der Waals surface area contributed by atoms with Gasteiger partial charge in [0.15, 0.2) is 5.78 Å². The van der Waals surface area contributed by atoms with E-state index in [-0.39, 0.29) is 14.2 Å². The van der Waals surface area contributed by atoms with E-state index in [1.54, 1.807) is 6.92 Å². The number of nitrogens with one attached hydrogen (secondary N) is 1. The van der Waals surface area contributed by atoms with Crippen molar-refractivity contribution in [2.75, 3.05) is 12.4 Å². The molecule has 1 N–H and O–H groups in total. The van der Waals surface area contributed by atoms with Crippen LogP contribution < -0.4 is 5.32 Å². The van der Waals surface area contributed by atoms with E-state index < -0.39 is 0 Å². The Morgan fingerprint density at radius 1 is 1.33 bits per heavy atom. The number of rotatable bonds is 2. The normalized spacial score (nSPS) is 8.50. The first kappa shape index (κ1) is 10.8. The highest BCUT2D eigenvalue weighted by Crippen LogP contribution is 2.13. The first-order valence-corrected chi connectivity index (χ1v) is 3.53. The predicted molar refractivity (Wildman–Crippen MR) is 51.7 cm³/mol. The van der Waals surface area contributed by atoms with Gasteiger partial charge in [0.2, 0.25) is 0 Å². The minimum Gasteiger partial charge on any atom is -0.388 e. The first-order chi connectivity index (χ1) is 5.25. The zero-order valence-corrected chi connectivity index (χ0v) is 7.29. The second kappa shape index (κ2) is 4.60. The van der Waals surface area contributed by atoms with Crippen molar-refractivity contribution in [1.82, 2.24) is 0 Å². The highest BCUT2D eigenvalue weighted by atomic mass is 16.1. The van der Waals surface area contributed by atoms with Gasteiger partial charge in [-0.15, -0.1) is 0 Å². The van der Waals surface area contributed by atoms with Gasteiger partial charge >= 0.3 is 0 Å². The van der Waals surface area contributed by atoms with Gasteiger partial charge in [-0.25, -0.2) is 0 Å². The molecule has 3 radical (unpaired) electrons. The Labute approximate surface area is 74.6 Å². The van der Waals surface area contributed by atoms with Crippen molar-refractivity contribution < 1.29 is 4.79 Å². The molecule has 0 unspecified atom stereocenters. The van der Waals surface area contributed by atoms with Crippen molar-refractivity contribution in [3.05, 3.63) is 29.8 Å². The van der Waals surface area contributed by atoms with E-state index in [0.717, 1.165) is 11.3 Å². The number of ketones is 1. The molecule has 0 amide bonds. The van der Waals surface area contributed by atoms with Gasteiger partial charge in [-0.2, -0.15) is 0 Å². The average Bonchev–Trinajstić information content (AvgIpc) is 2.04. The number of carbonyl (C=O) groups excluding carboxylic acids is 1. The van der Waals surface area contributed by atoms with Gasteiger partial charge in [0.1, 0.15) is 0 Å². The highest BCUT2D eigenvalue weighted by Gasteiger charge is 2.02. The fourth-order valence-electron chi connectivity index (χ4n) is 1.01. The second-order valence-electron chi connectivity index (χ2n) is 2.35. The molecule has 0 heterocycles. The molecule has 0 aliphatic rings. The van der Waals surface area contributed by atoms with Crippen LogP contribution in [0.1, 0.15) is 17.3 Å². The molecule has 0 aliphatic carbocycles. The van der Waals surface area contributed by atoms with Crippen LogP contribution in [0.5, 0.6) is 0 Å². The van der Waals surface area contributed by atoms with Gasteiger partial charge in [-0.1, -0.05) is 12.1 Å². The van der Waals surface area contributed by atoms with Gasteiger partial charge in [0, 0.05) is 26.7 Å². The van der Waals surface area contributed by atoms with Gasteiger partial charge in [0.25, 0.3) is 0 Å². The van der Waals surface area contributed by atoms with Crippen LogP contribution in [0.15, 0.2) is 24.3 Å². The zero-order valence-electron chi connectivity index (χ0n) is 7.29. The van der Waals surface area contributed by atoms with Crippen molar-refractivity contribution >= 4 is 19.9 Å². The molecule has 1 aromatic rings. The minimum atomic E-state index is 0. The van der Waals surface area contributed by atoms with Crippen LogP contribution in [0.2, 0.25) is 0 Å². The summed E-state index contributed by atoms with van der Waals surface area (Å²) in [6.45, 7) is 1.57. The molecule has 0 aliphatic heterocycles. The third-order valence-corrected chi connectivity index (χ3v) is 1.58. The molecule has 0 aromatic heterocycles. The van der Waals surface area contributed by atoms with Crippen LogP contribution >= 0.6 is 0 Å². The summed E-state index contributed by atoms with van der Waals surface area (Å²) in [4.78, 5) is 11.0. The molecule has 0 spiro atoms. The fraction of sp³-hybridized carbons (Fsp3) is 0.222. The van der Waals surface area contributed by atoms with E-state index >= 15 is 0 Å². The van der Waals surface area contributed by atoms with Crippen LogP contribution in [0.3, 0.4) is 0 Å². The molecule has 0 bridgehead atoms. The van der Waals surface area contributed by atoms with E-state index in [1.807, 2.05) is 31.3 Å². The molecule has 2 nitrogen and oxygen atoms in total. The standard InChI is InChI=1S/C9H11NO.B/c1-7(11)8-5-3-4-6-9(8)10-2;/h3-6,10H,1-2H3;. The summed E-state index contributed by atoms with van der Waals surface area (Å²) >= 11 is 0. The number of Topliss-reactive ketones (excluding diaryl/α,β-unsaturated/α-hetero) is 1. The molecule has 1 rings (SSSR count). The lowest BCUT2D eigenvalue weighted by atomic mass is 10.1. The summed E-state index contributed by atoms with van der Waals surface area (Å²) in [6.07, 6.45) is 0. The lowest BCUT2D eigenvalue weighted by molar-refractivity contribution is 0.101. The Bertz CT molecular complexity index is 273. The molecule has 12 heavy (non-hydrogen) atoms. The Morgan fingerprint density at radius 2 is 1.92 bits per heavy atom. The van der Waals surface area contributed by atoms with Crippen LogP contribution in [0, 0.1) is 0 Å². The summed E-state index contributed by atoms with van der Waals surface area (Å²) in [5.41, 5.74) is 1.63. The van der Waals surface area contributed by atoms with E-state index in [2.05, 4.69) is 5.32 Å². The fourth-order valence-corrected chi connectivity index (χ4v) is 1.01. The van der Waals surface area contributed by atoms with Crippen molar-refractivity contribution in [2.45, 2.75) is 6.92 Å². The summed E-state index contributed by atoms with van der Waals surface area (Å²) in [5, 5.41) is 2.96. The predicted octanol–water partition coefficient (Wildman–Crippen LogP) is 1.55. The van der Waals surface area contributed by atoms with Gasteiger partial charge in [-0.3, -0.25) is 4.79 Å². The Morgan fingerprint density at radius 3 is 2.33 bits per heavy atom. The number of para-hydroxylation sites is 1. The maximum absolute atomic E-state index is 11.0. The number of anilines is 1. The van der Waals surface area contributed by atoms with Crippen LogP contribution in [-0.2, 0) is 0 Å². The van der Waals surface area contributed by atoms with Gasteiger partial charge in [0.05, 0.1) is 0 Å². The van der Waals surface area contributed by atoms with Crippen molar-refractivity contribution in [3.63, 3.8) is 0 Å². The Balaban J connectivity index is 0.00000121. The van der Waals surface area contributed by atoms with Crippen molar-refractivity contribution in [1.29, 1.82) is 0 Å². The SMILES string of the molecule is CNc1ccccc1C(C)=O.[B]. The summed E-state index contributed by atoms with van der Waals surface area (Å²) < 4.78 is 0. The van der Waals surface area contributed by atoms with Gasteiger partial charge in [-0.05, 0) is 19.1 Å². The van der Waals surface area contributed by atoms with E-state index in [9.17, 15) is 4.79 Å². The molecular formula is C9H11BNO. The monoisotopic (exact) mass is 160 g/mol. The number of carbonyl (C=O) groups is 1. The Hall–Kier alpha value is -1.25. The van der Waals surface area contributed by atoms with Crippen LogP contribution in [0.25, 0.3) is 0 Å². The smallest absolute Gasteiger partial charge is 0.161 e. The topological polar surface area (TPSA) is 29.1 Å². The summed E-state index contributed by atoms with van der Waals surface area (Å²) in [6, 6.07) is 7.46. The maximum Gasteiger partial charge on any atom is 0.161 e. The van der Waals surface area contributed by atoms with E-state index in [4.69, 9.17) is 0 Å². The minimum absolute atomic E-state index is 0. The summed E-state index contributed by atoms with van der Waals surface area (Å²) in [7, 11) is 1.81. The molecule has 0 saturated heterocycles. The van der Waals surface area contributed by atoms with E-state index in [1.165, 1.54) is 0 Å². The molecule has 0 atom stereocenters. The lowest BCUT2D eigenvalue weighted by Crippen LogP contribution is -1.98. The first-order valence-electron chi connectivity index (χ1n) is 3.53. The lowest BCUT2D eigenvalue weighted by Gasteiger charge is -2.03. The third-order valence-electron chi connectivity index (χ3n) is 1.58. The van der Waals surface area contributed by atoms with E-state index in [0.29, 0.717) is 0 Å². The molecule has 1 aromatic carbocycles. The molecule has 0 saturated carbocycles. The quantitative estimate of drug-likeness (QED) is 0.525. The molecular weight excluding hydrogens is 149 g/mol. The van der Waals surface area contributed by atoms with Crippen molar-refractivity contribution in [2.24, 2.45) is 0 Å². The second-order valence-corrected chi connectivity index (χ2v) is 2.35. The molecule has 61 valence electrons. The molecule has 0 fully saturated rings. The maximum atomic E-state index is 11.0. The van der Waals surface area contributed by atoms with Crippen LogP contribution in [0.4, 0.5) is 5.69 Å². The van der Waals surface area contributed by atoms with Crippen molar-refractivity contribution in [3.8, 4) is 0 Å². The largest absolute Gasteiger partial charge is 0.388 e. The van der Waals surface area contributed by atoms with Gasteiger partial charge < -0.3 is 5.32 Å².